The van der Waals surface area contributed by atoms with E-state index >= 15 is 0 Å². The smallest absolute Gasteiger partial charge is 0.131 e. The summed E-state index contributed by atoms with van der Waals surface area (Å²) in [6.07, 6.45) is 3.45. The third-order valence-electron chi connectivity index (χ3n) is 2.18. The first kappa shape index (κ1) is 11.7. The van der Waals surface area contributed by atoms with Crippen LogP contribution in [0, 0.1) is 5.92 Å². The largest absolute Gasteiger partial charge is 0.396 e. The van der Waals surface area contributed by atoms with Gasteiger partial charge in [-0.15, -0.1) is 0 Å². The van der Waals surface area contributed by atoms with Crippen molar-refractivity contribution >= 4 is 11.6 Å². The van der Waals surface area contributed by atoms with Gasteiger partial charge in [-0.1, -0.05) is 6.92 Å². The molecule has 1 aromatic heterocycles. The quantitative estimate of drug-likeness (QED) is 0.607. The van der Waals surface area contributed by atoms with Crippen LogP contribution in [-0.4, -0.2) is 28.2 Å². The van der Waals surface area contributed by atoms with Gasteiger partial charge in [0, 0.05) is 19.2 Å². The van der Waals surface area contributed by atoms with E-state index < -0.39 is 0 Å². The van der Waals surface area contributed by atoms with E-state index in [1.165, 1.54) is 6.33 Å². The Morgan fingerprint density at radius 2 is 2.33 bits per heavy atom. The average molecular weight is 210 g/mol. The van der Waals surface area contributed by atoms with Gasteiger partial charge in [-0.3, -0.25) is 0 Å². The number of hydrogen-bond acceptors (Lipinski definition) is 5. The molecule has 1 heterocycles. The molecule has 0 spiro atoms. The molecule has 5 nitrogen and oxygen atoms in total. The van der Waals surface area contributed by atoms with Crippen molar-refractivity contribution in [3.05, 3.63) is 12.4 Å². The topological polar surface area (TPSA) is 84.1 Å². The molecule has 0 fully saturated rings. The fourth-order valence-corrected chi connectivity index (χ4v) is 1.23. The van der Waals surface area contributed by atoms with Crippen molar-refractivity contribution in [2.24, 2.45) is 5.92 Å². The zero-order valence-electron chi connectivity index (χ0n) is 8.98. The lowest BCUT2D eigenvalue weighted by atomic mass is 10.1. The van der Waals surface area contributed by atoms with E-state index in [-0.39, 0.29) is 6.61 Å². The SMILES string of the molecule is CC(CO)CCCNc1cc(N)ncn1. The highest BCUT2D eigenvalue weighted by Gasteiger charge is 1.99. The molecule has 1 aromatic rings. The predicted octanol–water partition coefficient (Wildman–Crippen LogP) is 0.879. The summed E-state index contributed by atoms with van der Waals surface area (Å²) in [6, 6.07) is 1.70. The Labute approximate surface area is 89.7 Å². The second kappa shape index (κ2) is 6.19. The molecule has 0 amide bonds. The minimum absolute atomic E-state index is 0.250. The standard InChI is InChI=1S/C10H18N4O/c1-8(6-15)3-2-4-12-10-5-9(11)13-7-14-10/h5,7-8,15H,2-4,6H2,1H3,(H3,11,12,13,14). The molecular weight excluding hydrogens is 192 g/mol. The number of nitrogens with one attached hydrogen (secondary N) is 1. The van der Waals surface area contributed by atoms with Crippen molar-refractivity contribution < 1.29 is 5.11 Å². The highest BCUT2D eigenvalue weighted by atomic mass is 16.3. The molecule has 0 saturated carbocycles. The number of nitrogens with two attached hydrogens (primary N) is 1. The molecule has 0 saturated heterocycles. The Balaban J connectivity index is 2.20. The Kier molecular flexibility index (Phi) is 4.83. The lowest BCUT2D eigenvalue weighted by Crippen LogP contribution is -2.07. The molecule has 4 N–H and O–H groups in total. The van der Waals surface area contributed by atoms with Gasteiger partial charge < -0.3 is 16.2 Å². The molecule has 0 aliphatic carbocycles. The van der Waals surface area contributed by atoms with Crippen LogP contribution in [0.4, 0.5) is 11.6 Å². The molecule has 15 heavy (non-hydrogen) atoms. The third kappa shape index (κ3) is 4.60. The number of aliphatic hydroxyl groups excluding tert-OH is 1. The van der Waals surface area contributed by atoms with Crippen molar-refractivity contribution in [1.82, 2.24) is 9.97 Å². The van der Waals surface area contributed by atoms with Crippen LogP contribution >= 0.6 is 0 Å². The Hall–Kier alpha value is -1.36. The molecule has 0 aliphatic heterocycles. The molecule has 1 atom stereocenters. The summed E-state index contributed by atoms with van der Waals surface area (Å²) in [4.78, 5) is 7.83. The van der Waals surface area contributed by atoms with Gasteiger partial charge in [0.1, 0.15) is 18.0 Å². The Morgan fingerprint density at radius 1 is 1.53 bits per heavy atom. The highest BCUT2D eigenvalue weighted by molar-refractivity contribution is 5.42. The summed E-state index contributed by atoms with van der Waals surface area (Å²) < 4.78 is 0. The summed E-state index contributed by atoms with van der Waals surface area (Å²) >= 11 is 0. The fraction of sp³-hybridized carbons (Fsp3) is 0.600. The van der Waals surface area contributed by atoms with Crippen LogP contribution in [0.2, 0.25) is 0 Å². The molecule has 0 bridgehead atoms. The summed E-state index contributed by atoms with van der Waals surface area (Å²) in [6.45, 7) is 3.12. The van der Waals surface area contributed by atoms with Crippen molar-refractivity contribution in [3.8, 4) is 0 Å². The van der Waals surface area contributed by atoms with E-state index in [1.807, 2.05) is 6.92 Å². The van der Waals surface area contributed by atoms with Gasteiger partial charge in [-0.2, -0.15) is 0 Å². The number of nitrogens with zero attached hydrogens (tertiary/aromatic N) is 2. The normalized spacial score (nSPS) is 12.4. The zero-order valence-corrected chi connectivity index (χ0v) is 8.98. The number of rotatable bonds is 6. The third-order valence-corrected chi connectivity index (χ3v) is 2.18. The van der Waals surface area contributed by atoms with Crippen LogP contribution in [0.1, 0.15) is 19.8 Å². The first-order valence-electron chi connectivity index (χ1n) is 5.14. The van der Waals surface area contributed by atoms with Gasteiger partial charge in [0.25, 0.3) is 0 Å². The van der Waals surface area contributed by atoms with Crippen LogP contribution in [0.25, 0.3) is 0 Å². The maximum atomic E-state index is 8.83. The van der Waals surface area contributed by atoms with E-state index in [9.17, 15) is 0 Å². The summed E-state index contributed by atoms with van der Waals surface area (Å²) in [7, 11) is 0. The zero-order chi connectivity index (χ0) is 11.1. The summed E-state index contributed by atoms with van der Waals surface area (Å²) in [5.41, 5.74) is 5.51. The van der Waals surface area contributed by atoms with Crippen LogP contribution in [0.5, 0.6) is 0 Å². The second-order valence-electron chi connectivity index (χ2n) is 3.68. The maximum absolute atomic E-state index is 8.83. The van der Waals surface area contributed by atoms with Gasteiger partial charge in [-0.05, 0) is 18.8 Å². The highest BCUT2D eigenvalue weighted by Crippen LogP contribution is 2.07. The van der Waals surface area contributed by atoms with Gasteiger partial charge in [0.15, 0.2) is 0 Å². The average Bonchev–Trinajstić information content (AvgIpc) is 2.24. The maximum Gasteiger partial charge on any atom is 0.131 e. The fourth-order valence-electron chi connectivity index (χ4n) is 1.23. The molecule has 0 aliphatic rings. The van der Waals surface area contributed by atoms with Crippen molar-refractivity contribution in [1.29, 1.82) is 0 Å². The molecule has 84 valence electrons. The first-order valence-corrected chi connectivity index (χ1v) is 5.14. The van der Waals surface area contributed by atoms with Gasteiger partial charge in [0.05, 0.1) is 0 Å². The van der Waals surface area contributed by atoms with Gasteiger partial charge in [-0.25, -0.2) is 9.97 Å². The number of hydrogen-bond donors (Lipinski definition) is 3. The Bertz CT molecular complexity index is 293. The van der Waals surface area contributed by atoms with Crippen LogP contribution in [-0.2, 0) is 0 Å². The van der Waals surface area contributed by atoms with Crippen LogP contribution in [0.15, 0.2) is 12.4 Å². The van der Waals surface area contributed by atoms with Gasteiger partial charge >= 0.3 is 0 Å². The van der Waals surface area contributed by atoms with Crippen molar-refractivity contribution in [3.63, 3.8) is 0 Å². The molecule has 1 rings (SSSR count). The molecule has 0 radical (unpaired) electrons. The van der Waals surface area contributed by atoms with E-state index in [0.29, 0.717) is 11.7 Å². The van der Waals surface area contributed by atoms with E-state index in [1.54, 1.807) is 6.07 Å². The van der Waals surface area contributed by atoms with Crippen LogP contribution in [0.3, 0.4) is 0 Å². The molecule has 1 unspecified atom stereocenters. The van der Waals surface area contributed by atoms with E-state index in [4.69, 9.17) is 10.8 Å². The predicted molar refractivity (Wildman–Crippen MR) is 60.4 cm³/mol. The monoisotopic (exact) mass is 210 g/mol. The number of anilines is 2. The Morgan fingerprint density at radius 3 is 3.00 bits per heavy atom. The van der Waals surface area contributed by atoms with Crippen LogP contribution < -0.4 is 11.1 Å². The lowest BCUT2D eigenvalue weighted by Gasteiger charge is -2.08. The summed E-state index contributed by atoms with van der Waals surface area (Å²) in [5, 5.41) is 12.0. The second-order valence-corrected chi connectivity index (χ2v) is 3.68. The molecular formula is C10H18N4O. The molecule has 5 heteroatoms. The number of aromatic nitrogens is 2. The number of aliphatic hydroxyl groups is 1. The van der Waals surface area contributed by atoms with Gasteiger partial charge in [0.2, 0.25) is 0 Å². The molecule has 0 aromatic carbocycles. The number of nitrogen functional groups attached to an aromatic ring is 1. The van der Waals surface area contributed by atoms with E-state index in [0.717, 1.165) is 25.2 Å². The lowest BCUT2D eigenvalue weighted by molar-refractivity contribution is 0.229. The minimum atomic E-state index is 0.250. The summed E-state index contributed by atoms with van der Waals surface area (Å²) in [5.74, 6) is 1.58. The minimum Gasteiger partial charge on any atom is -0.396 e. The van der Waals surface area contributed by atoms with Crippen molar-refractivity contribution in [2.45, 2.75) is 19.8 Å². The van der Waals surface area contributed by atoms with E-state index in [2.05, 4.69) is 15.3 Å². The van der Waals surface area contributed by atoms with Crippen molar-refractivity contribution in [2.75, 3.05) is 24.2 Å². The first-order chi connectivity index (χ1) is 7.22.